The zero-order valence-electron chi connectivity index (χ0n) is 20.7. The van der Waals surface area contributed by atoms with Gasteiger partial charge in [0.1, 0.15) is 0 Å². The zero-order chi connectivity index (χ0) is 22.1. The van der Waals surface area contributed by atoms with E-state index >= 15 is 0 Å². The molecule has 2 heteroatoms. The molecule has 2 nitrogen and oxygen atoms in total. The summed E-state index contributed by atoms with van der Waals surface area (Å²) in [5.74, 6) is 7.30. The van der Waals surface area contributed by atoms with Crippen LogP contribution in [0.15, 0.2) is 30.3 Å². The van der Waals surface area contributed by atoms with Gasteiger partial charge in [-0.15, -0.1) is 0 Å². The van der Waals surface area contributed by atoms with Crippen molar-refractivity contribution >= 4 is 17.1 Å². The Labute approximate surface area is 204 Å². The van der Waals surface area contributed by atoms with E-state index in [0.29, 0.717) is 0 Å². The SMILES string of the molecule is CN1CN(c2ccc3c(c2)C2CC4CC(CC3C4)C2)c2cc3c(cc21)C1CC2CC(C1)CC3C2. The molecule has 0 spiro atoms. The van der Waals surface area contributed by atoms with Crippen molar-refractivity contribution in [2.24, 2.45) is 23.7 Å². The van der Waals surface area contributed by atoms with Crippen LogP contribution in [0.2, 0.25) is 0 Å². The summed E-state index contributed by atoms with van der Waals surface area (Å²) >= 11 is 0. The molecule has 0 amide bonds. The Hall–Kier alpha value is -1.96. The van der Waals surface area contributed by atoms with E-state index in [0.717, 1.165) is 54.0 Å². The number of rotatable bonds is 1. The lowest BCUT2D eigenvalue weighted by atomic mass is 9.67. The van der Waals surface area contributed by atoms with Gasteiger partial charge in [0.25, 0.3) is 0 Å². The van der Waals surface area contributed by atoms with Crippen molar-refractivity contribution < 1.29 is 0 Å². The maximum atomic E-state index is 2.67. The minimum Gasteiger partial charge on any atom is -0.355 e. The summed E-state index contributed by atoms with van der Waals surface area (Å²) in [5.41, 5.74) is 11.3. The second-order valence-corrected chi connectivity index (χ2v) is 13.7. The van der Waals surface area contributed by atoms with Crippen molar-refractivity contribution in [1.29, 1.82) is 0 Å². The topological polar surface area (TPSA) is 6.48 Å². The standard InChI is InChI=1S/C32H38N2/c1-33-17-34(26-2-3-27-22-6-18-4-19(7-22)9-23(8-18)28(27)14-26)32-16-30-25-12-20-5-21(13-25)11-24(10-20)29(30)15-31(32)33/h2-3,14-16,18-25H,4-13,17H2,1H3. The highest BCUT2D eigenvalue weighted by Crippen LogP contribution is 2.59. The Balaban J connectivity index is 1.15. The van der Waals surface area contributed by atoms with Crippen molar-refractivity contribution in [2.45, 2.75) is 87.9 Å². The summed E-state index contributed by atoms with van der Waals surface area (Å²) in [6, 6.07) is 13.0. The molecule has 11 rings (SSSR count). The van der Waals surface area contributed by atoms with Crippen molar-refractivity contribution in [3.63, 3.8) is 0 Å². The summed E-state index contributed by atoms with van der Waals surface area (Å²) in [6.07, 6.45) is 14.7. The molecule has 176 valence electrons. The fourth-order valence-electron chi connectivity index (χ4n) is 10.6. The van der Waals surface area contributed by atoms with Crippen molar-refractivity contribution in [2.75, 3.05) is 23.5 Å². The molecule has 8 bridgehead atoms. The first-order chi connectivity index (χ1) is 16.7. The van der Waals surface area contributed by atoms with Gasteiger partial charge in [0.05, 0.1) is 18.0 Å². The van der Waals surface area contributed by atoms with Gasteiger partial charge >= 0.3 is 0 Å². The van der Waals surface area contributed by atoms with E-state index in [9.17, 15) is 0 Å². The van der Waals surface area contributed by atoms with Gasteiger partial charge in [0.2, 0.25) is 0 Å². The van der Waals surface area contributed by atoms with E-state index in [4.69, 9.17) is 0 Å². The number of anilines is 3. The van der Waals surface area contributed by atoms with E-state index in [2.05, 4.69) is 47.2 Å². The number of nitrogens with zero attached hydrogens (tertiary/aromatic N) is 2. The summed E-state index contributed by atoms with van der Waals surface area (Å²) < 4.78 is 0. The lowest BCUT2D eigenvalue weighted by molar-refractivity contribution is 0.165. The molecule has 34 heavy (non-hydrogen) atoms. The Morgan fingerprint density at radius 1 is 0.529 bits per heavy atom. The summed E-state index contributed by atoms with van der Waals surface area (Å²) in [6.45, 7) is 0.997. The number of hydrogen-bond donors (Lipinski definition) is 0. The third kappa shape index (κ3) is 2.58. The average molecular weight is 451 g/mol. The van der Waals surface area contributed by atoms with Crippen LogP contribution >= 0.6 is 0 Å². The molecule has 8 aliphatic carbocycles. The van der Waals surface area contributed by atoms with Crippen LogP contribution in [0.5, 0.6) is 0 Å². The molecule has 0 saturated heterocycles. The minimum atomic E-state index is 0.822. The Morgan fingerprint density at radius 3 is 1.56 bits per heavy atom. The number of hydrogen-bond acceptors (Lipinski definition) is 2. The summed E-state index contributed by atoms with van der Waals surface area (Å²) in [5, 5.41) is 0. The van der Waals surface area contributed by atoms with Gasteiger partial charge in [-0.05, 0) is 158 Å². The molecule has 1 aliphatic heterocycles. The normalized spacial score (nSPS) is 40.3. The van der Waals surface area contributed by atoms with Crippen LogP contribution in [0, 0.1) is 23.7 Å². The van der Waals surface area contributed by atoms with E-state index in [1.54, 1.807) is 22.3 Å². The smallest absolute Gasteiger partial charge is 0.0950 e. The first-order valence-corrected chi connectivity index (χ1v) is 14.5. The van der Waals surface area contributed by atoms with E-state index in [-0.39, 0.29) is 0 Å². The Bertz CT molecular complexity index is 1170. The van der Waals surface area contributed by atoms with Crippen LogP contribution in [-0.4, -0.2) is 13.7 Å². The van der Waals surface area contributed by atoms with Crippen molar-refractivity contribution in [1.82, 2.24) is 0 Å². The van der Waals surface area contributed by atoms with Crippen LogP contribution in [0.25, 0.3) is 0 Å². The third-order valence-electron chi connectivity index (χ3n) is 11.7. The molecule has 4 unspecified atom stereocenters. The Kier molecular flexibility index (Phi) is 3.75. The van der Waals surface area contributed by atoms with Crippen molar-refractivity contribution in [3.8, 4) is 0 Å². The average Bonchev–Trinajstić information content (AvgIpc) is 2.94. The predicted molar refractivity (Wildman–Crippen MR) is 139 cm³/mol. The highest BCUT2D eigenvalue weighted by Gasteiger charge is 2.44. The van der Waals surface area contributed by atoms with Gasteiger partial charge in [-0.2, -0.15) is 0 Å². The molecule has 0 aromatic heterocycles. The molecular weight excluding hydrogens is 412 g/mol. The van der Waals surface area contributed by atoms with Crippen LogP contribution in [0.3, 0.4) is 0 Å². The van der Waals surface area contributed by atoms with E-state index < -0.39 is 0 Å². The number of fused-ring (bicyclic) bond motifs is 1. The molecule has 9 aliphatic rings. The molecule has 4 fully saturated rings. The van der Waals surface area contributed by atoms with Gasteiger partial charge in [-0.3, -0.25) is 0 Å². The molecule has 2 aromatic carbocycles. The predicted octanol–water partition coefficient (Wildman–Crippen LogP) is 8.01. The van der Waals surface area contributed by atoms with Crippen molar-refractivity contribution in [3.05, 3.63) is 52.6 Å². The maximum absolute atomic E-state index is 2.67. The number of benzene rings is 2. The van der Waals surface area contributed by atoms with Crippen LogP contribution in [-0.2, 0) is 0 Å². The lowest BCUT2D eigenvalue weighted by Gasteiger charge is -2.38. The third-order valence-corrected chi connectivity index (χ3v) is 11.7. The molecule has 0 N–H and O–H groups in total. The van der Waals surface area contributed by atoms with Gasteiger partial charge in [-0.25, -0.2) is 0 Å². The maximum Gasteiger partial charge on any atom is 0.0950 e. The Morgan fingerprint density at radius 2 is 1.00 bits per heavy atom. The molecule has 0 radical (unpaired) electrons. The van der Waals surface area contributed by atoms with Crippen LogP contribution < -0.4 is 9.80 Å². The fraction of sp³-hybridized carbons (Fsp3) is 0.625. The highest BCUT2D eigenvalue weighted by molar-refractivity contribution is 5.84. The highest BCUT2D eigenvalue weighted by atomic mass is 15.4. The molecule has 4 saturated carbocycles. The second kappa shape index (κ2) is 6.62. The molecule has 2 aromatic rings. The minimum absolute atomic E-state index is 0.822. The second-order valence-electron chi connectivity index (χ2n) is 13.7. The van der Waals surface area contributed by atoms with Gasteiger partial charge in [-0.1, -0.05) is 6.07 Å². The largest absolute Gasteiger partial charge is 0.355 e. The monoisotopic (exact) mass is 450 g/mol. The molecule has 4 atom stereocenters. The first kappa shape index (κ1) is 19.3. The quantitative estimate of drug-likeness (QED) is 0.434. The fourth-order valence-corrected chi connectivity index (χ4v) is 10.6. The lowest BCUT2D eigenvalue weighted by Crippen LogP contribution is -2.26. The van der Waals surface area contributed by atoms with E-state index in [1.807, 2.05) is 0 Å². The molecular formula is C32H38N2. The first-order valence-electron chi connectivity index (χ1n) is 14.5. The van der Waals surface area contributed by atoms with Gasteiger partial charge in [0, 0.05) is 12.7 Å². The van der Waals surface area contributed by atoms with Gasteiger partial charge < -0.3 is 9.80 Å². The van der Waals surface area contributed by atoms with Crippen LogP contribution in [0.1, 0.15) is 110 Å². The van der Waals surface area contributed by atoms with Gasteiger partial charge in [0.15, 0.2) is 0 Å². The van der Waals surface area contributed by atoms with Crippen LogP contribution in [0.4, 0.5) is 17.1 Å². The summed E-state index contributed by atoms with van der Waals surface area (Å²) in [4.78, 5) is 5.17. The summed E-state index contributed by atoms with van der Waals surface area (Å²) in [7, 11) is 2.31. The van der Waals surface area contributed by atoms with E-state index in [1.165, 1.54) is 81.3 Å². The zero-order valence-corrected chi connectivity index (χ0v) is 20.7. The molecule has 1 heterocycles.